The Morgan fingerprint density at radius 1 is 0.969 bits per heavy atom. The van der Waals surface area contributed by atoms with E-state index in [0.717, 1.165) is 60.9 Å². The minimum atomic E-state index is 0.0562. The molecule has 0 N–H and O–H groups in total. The van der Waals surface area contributed by atoms with E-state index >= 15 is 0 Å². The van der Waals surface area contributed by atoms with Crippen LogP contribution in [0.2, 0.25) is 0 Å². The SMILES string of the molecule is COc1ccccc1-c1ccc(N2CCC(C(=O)N3c4ccccc4C[C@@H]3C)CC2)nn1. The van der Waals surface area contributed by atoms with Crippen LogP contribution in [0.25, 0.3) is 11.3 Å². The number of carbonyl (C=O) groups excluding carboxylic acids is 1. The first-order valence-electron chi connectivity index (χ1n) is 11.3. The third kappa shape index (κ3) is 3.70. The second-order valence-electron chi connectivity index (χ2n) is 8.63. The molecule has 2 aliphatic rings. The lowest BCUT2D eigenvalue weighted by Crippen LogP contribution is -2.45. The fourth-order valence-electron chi connectivity index (χ4n) is 4.95. The number of rotatable bonds is 4. The summed E-state index contributed by atoms with van der Waals surface area (Å²) in [5.41, 5.74) is 4.08. The van der Waals surface area contributed by atoms with E-state index in [4.69, 9.17) is 4.74 Å². The maximum atomic E-state index is 13.3. The van der Waals surface area contributed by atoms with Crippen molar-refractivity contribution < 1.29 is 9.53 Å². The van der Waals surface area contributed by atoms with E-state index in [1.54, 1.807) is 7.11 Å². The molecule has 0 bridgehead atoms. The summed E-state index contributed by atoms with van der Waals surface area (Å²) in [6.07, 6.45) is 2.61. The van der Waals surface area contributed by atoms with Crippen molar-refractivity contribution in [2.24, 2.45) is 5.92 Å². The maximum Gasteiger partial charge on any atom is 0.230 e. The molecule has 2 aliphatic heterocycles. The average molecular weight is 429 g/mol. The Bertz CT molecular complexity index is 1110. The van der Waals surface area contributed by atoms with Gasteiger partial charge in [-0.2, -0.15) is 0 Å². The summed E-state index contributed by atoms with van der Waals surface area (Å²) in [6, 6.07) is 20.3. The maximum absolute atomic E-state index is 13.3. The molecule has 0 radical (unpaired) electrons. The van der Waals surface area contributed by atoms with Gasteiger partial charge in [-0.25, -0.2) is 0 Å². The summed E-state index contributed by atoms with van der Waals surface area (Å²) in [4.78, 5) is 17.6. The monoisotopic (exact) mass is 428 g/mol. The minimum absolute atomic E-state index is 0.0562. The molecule has 0 spiro atoms. The summed E-state index contributed by atoms with van der Waals surface area (Å²) in [6.45, 7) is 3.76. The van der Waals surface area contributed by atoms with Gasteiger partial charge < -0.3 is 14.5 Å². The number of methoxy groups -OCH3 is 1. The smallest absolute Gasteiger partial charge is 0.230 e. The van der Waals surface area contributed by atoms with Crippen LogP contribution < -0.4 is 14.5 Å². The summed E-state index contributed by atoms with van der Waals surface area (Å²) in [7, 11) is 1.66. The van der Waals surface area contributed by atoms with Crippen LogP contribution in [0.4, 0.5) is 11.5 Å². The number of para-hydroxylation sites is 2. The summed E-state index contributed by atoms with van der Waals surface area (Å²) in [5.74, 6) is 1.96. The second kappa shape index (κ2) is 8.61. The van der Waals surface area contributed by atoms with E-state index in [1.165, 1.54) is 5.56 Å². The van der Waals surface area contributed by atoms with Gasteiger partial charge >= 0.3 is 0 Å². The Morgan fingerprint density at radius 3 is 2.47 bits per heavy atom. The highest BCUT2D eigenvalue weighted by atomic mass is 16.5. The Hall–Kier alpha value is -3.41. The van der Waals surface area contributed by atoms with Crippen molar-refractivity contribution in [2.75, 3.05) is 30.0 Å². The number of ether oxygens (including phenoxy) is 1. The molecule has 0 saturated carbocycles. The average Bonchev–Trinajstić information content (AvgIpc) is 3.19. The predicted octanol–water partition coefficient (Wildman–Crippen LogP) is 4.35. The van der Waals surface area contributed by atoms with Gasteiger partial charge in [0, 0.05) is 36.3 Å². The number of piperidine rings is 1. The lowest BCUT2D eigenvalue weighted by molar-refractivity contribution is -0.123. The fraction of sp³-hybridized carbons (Fsp3) is 0.346. The van der Waals surface area contributed by atoms with Gasteiger partial charge in [0.05, 0.1) is 12.8 Å². The van der Waals surface area contributed by atoms with E-state index in [9.17, 15) is 4.79 Å². The van der Waals surface area contributed by atoms with E-state index < -0.39 is 0 Å². The van der Waals surface area contributed by atoms with Crippen LogP contribution >= 0.6 is 0 Å². The fourth-order valence-corrected chi connectivity index (χ4v) is 4.95. The van der Waals surface area contributed by atoms with Gasteiger partial charge in [0.1, 0.15) is 5.75 Å². The highest BCUT2D eigenvalue weighted by Crippen LogP contribution is 2.35. The zero-order chi connectivity index (χ0) is 22.1. The van der Waals surface area contributed by atoms with Gasteiger partial charge in [-0.05, 0) is 62.1 Å². The summed E-state index contributed by atoms with van der Waals surface area (Å²) in [5, 5.41) is 8.91. The van der Waals surface area contributed by atoms with Gasteiger partial charge in [-0.15, -0.1) is 10.2 Å². The molecule has 1 amide bonds. The molecule has 1 fully saturated rings. The van der Waals surface area contributed by atoms with Crippen molar-refractivity contribution >= 4 is 17.4 Å². The number of fused-ring (bicyclic) bond motifs is 1. The van der Waals surface area contributed by atoms with E-state index in [-0.39, 0.29) is 17.9 Å². The van der Waals surface area contributed by atoms with Crippen LogP contribution in [-0.2, 0) is 11.2 Å². The van der Waals surface area contributed by atoms with Crippen LogP contribution in [0.15, 0.2) is 60.7 Å². The van der Waals surface area contributed by atoms with Crippen LogP contribution in [0.1, 0.15) is 25.3 Å². The molecule has 1 saturated heterocycles. The number of hydrogen-bond acceptors (Lipinski definition) is 5. The van der Waals surface area contributed by atoms with Crippen LogP contribution in [0.3, 0.4) is 0 Å². The van der Waals surface area contributed by atoms with Crippen molar-refractivity contribution in [3.05, 3.63) is 66.2 Å². The van der Waals surface area contributed by atoms with Crippen LogP contribution in [0, 0.1) is 5.92 Å². The Balaban J connectivity index is 1.25. The highest BCUT2D eigenvalue weighted by Gasteiger charge is 2.36. The highest BCUT2D eigenvalue weighted by molar-refractivity contribution is 5.97. The van der Waals surface area contributed by atoms with Gasteiger partial charge in [0.25, 0.3) is 0 Å². The molecule has 6 nitrogen and oxygen atoms in total. The van der Waals surface area contributed by atoms with Gasteiger partial charge in [0.2, 0.25) is 5.91 Å². The molecule has 32 heavy (non-hydrogen) atoms. The van der Waals surface area contributed by atoms with E-state index in [0.29, 0.717) is 0 Å². The van der Waals surface area contributed by atoms with Crippen molar-refractivity contribution in [3.8, 4) is 17.0 Å². The largest absolute Gasteiger partial charge is 0.496 e. The molecule has 6 heteroatoms. The minimum Gasteiger partial charge on any atom is -0.496 e. The topological polar surface area (TPSA) is 58.6 Å². The Labute approximate surface area is 188 Å². The van der Waals surface area contributed by atoms with Crippen molar-refractivity contribution in [3.63, 3.8) is 0 Å². The normalized spacial score (nSPS) is 18.5. The number of benzene rings is 2. The first-order valence-corrected chi connectivity index (χ1v) is 11.3. The summed E-state index contributed by atoms with van der Waals surface area (Å²) >= 11 is 0. The first kappa shape index (κ1) is 20.5. The number of carbonyl (C=O) groups is 1. The zero-order valence-corrected chi connectivity index (χ0v) is 18.6. The third-order valence-electron chi connectivity index (χ3n) is 6.65. The molecule has 5 rings (SSSR count). The predicted molar refractivity (Wildman–Crippen MR) is 126 cm³/mol. The number of amides is 1. The van der Waals surface area contributed by atoms with Gasteiger partial charge in [0.15, 0.2) is 5.82 Å². The van der Waals surface area contributed by atoms with Crippen molar-refractivity contribution in [1.82, 2.24) is 10.2 Å². The molecular formula is C26H28N4O2. The number of anilines is 2. The van der Waals surface area contributed by atoms with E-state index in [1.807, 2.05) is 47.4 Å². The Kier molecular flexibility index (Phi) is 5.52. The standard InChI is InChI=1S/C26H28N4O2/c1-18-17-20-7-3-5-9-23(20)30(18)26(31)19-13-15-29(16-14-19)25-12-11-22(27-28-25)21-8-4-6-10-24(21)32-2/h3-12,18-19H,13-17H2,1-2H3/t18-/m0/s1. The second-order valence-corrected chi connectivity index (χ2v) is 8.63. The molecule has 2 aromatic carbocycles. The third-order valence-corrected chi connectivity index (χ3v) is 6.65. The number of hydrogen-bond donors (Lipinski definition) is 0. The lowest BCUT2D eigenvalue weighted by atomic mass is 9.94. The van der Waals surface area contributed by atoms with Crippen LogP contribution in [0.5, 0.6) is 5.75 Å². The number of aromatic nitrogens is 2. The summed E-state index contributed by atoms with van der Waals surface area (Å²) < 4.78 is 5.44. The molecule has 1 aromatic heterocycles. The van der Waals surface area contributed by atoms with Crippen LogP contribution in [-0.4, -0.2) is 42.3 Å². The van der Waals surface area contributed by atoms with Gasteiger partial charge in [-0.3, -0.25) is 4.79 Å². The molecular weight excluding hydrogens is 400 g/mol. The molecule has 3 heterocycles. The first-order chi connectivity index (χ1) is 15.7. The van der Waals surface area contributed by atoms with Crippen molar-refractivity contribution in [1.29, 1.82) is 0 Å². The quantitative estimate of drug-likeness (QED) is 0.619. The zero-order valence-electron chi connectivity index (χ0n) is 18.6. The molecule has 164 valence electrons. The molecule has 1 atom stereocenters. The lowest BCUT2D eigenvalue weighted by Gasteiger charge is -2.35. The molecule has 0 aliphatic carbocycles. The van der Waals surface area contributed by atoms with Crippen molar-refractivity contribution in [2.45, 2.75) is 32.2 Å². The number of nitrogens with zero attached hydrogens (tertiary/aromatic N) is 4. The van der Waals surface area contributed by atoms with E-state index in [2.05, 4.69) is 40.2 Å². The van der Waals surface area contributed by atoms with Gasteiger partial charge in [-0.1, -0.05) is 30.3 Å². The molecule has 0 unspecified atom stereocenters. The Morgan fingerprint density at radius 2 is 1.72 bits per heavy atom. The molecule has 3 aromatic rings.